The predicted octanol–water partition coefficient (Wildman–Crippen LogP) is 5.93. The van der Waals surface area contributed by atoms with Crippen LogP contribution in [0.25, 0.3) is 0 Å². The van der Waals surface area contributed by atoms with Crippen LogP contribution in [0.2, 0.25) is 0 Å². The number of hydrogen-bond donors (Lipinski definition) is 1. The van der Waals surface area contributed by atoms with Crippen molar-refractivity contribution >= 4 is 0 Å². The lowest BCUT2D eigenvalue weighted by molar-refractivity contribution is 0.0615. The zero-order valence-electron chi connectivity index (χ0n) is 14.8. The zero-order valence-corrected chi connectivity index (χ0v) is 14.8. The first-order valence-electron chi connectivity index (χ1n) is 9.94. The smallest absolute Gasteiger partial charge is 0.00151 e. The maximum Gasteiger partial charge on any atom is -0.00151 e. The summed E-state index contributed by atoms with van der Waals surface area (Å²) in [5.41, 5.74) is 0.689. The van der Waals surface area contributed by atoms with Gasteiger partial charge in [-0.3, -0.25) is 0 Å². The van der Waals surface area contributed by atoms with Crippen LogP contribution < -0.4 is 5.32 Å². The third-order valence-electron chi connectivity index (χ3n) is 6.16. The van der Waals surface area contributed by atoms with Crippen molar-refractivity contribution in [1.29, 1.82) is 0 Å². The molecule has 0 radical (unpaired) electrons. The lowest BCUT2D eigenvalue weighted by atomic mass is 9.62. The first kappa shape index (κ1) is 17.3. The quantitative estimate of drug-likeness (QED) is 0.665. The molecule has 1 heterocycles. The van der Waals surface area contributed by atoms with Gasteiger partial charge in [0.15, 0.2) is 0 Å². The van der Waals surface area contributed by atoms with Crippen LogP contribution in [0.5, 0.6) is 0 Å². The molecule has 0 amide bonds. The van der Waals surface area contributed by atoms with Crippen LogP contribution in [0, 0.1) is 17.3 Å². The van der Waals surface area contributed by atoms with Crippen LogP contribution in [-0.2, 0) is 0 Å². The Bertz CT molecular complexity index is 259. The fraction of sp³-hybridized carbons (Fsp3) is 1.00. The van der Waals surface area contributed by atoms with E-state index in [4.69, 9.17) is 0 Å². The summed E-state index contributed by atoms with van der Waals surface area (Å²) in [6.07, 6.45) is 19.3. The largest absolute Gasteiger partial charge is 0.316 e. The van der Waals surface area contributed by atoms with E-state index in [1.54, 1.807) is 0 Å². The van der Waals surface area contributed by atoms with Crippen molar-refractivity contribution in [2.45, 2.75) is 97.3 Å². The Morgan fingerprint density at radius 2 is 1.33 bits per heavy atom. The predicted molar refractivity (Wildman–Crippen MR) is 93.7 cm³/mol. The molecule has 1 heteroatoms. The normalized spacial score (nSPS) is 29.0. The van der Waals surface area contributed by atoms with Crippen LogP contribution in [-0.4, -0.2) is 13.1 Å². The van der Waals surface area contributed by atoms with E-state index < -0.39 is 0 Å². The first-order valence-corrected chi connectivity index (χ1v) is 9.94. The number of piperidine rings is 1. The van der Waals surface area contributed by atoms with Gasteiger partial charge in [0.1, 0.15) is 0 Å². The first-order chi connectivity index (χ1) is 10.2. The molecule has 0 aromatic carbocycles. The standard InChI is InChI=1S/C20H39N/c1-18(2)16-19-17-21-15-14-20(19)12-10-8-6-4-3-5-7-9-11-13-20/h18-19,21H,3-17H2,1-2H3. The fourth-order valence-electron chi connectivity index (χ4n) is 4.91. The summed E-state index contributed by atoms with van der Waals surface area (Å²) in [6.45, 7) is 7.39. The molecule has 1 aliphatic carbocycles. The monoisotopic (exact) mass is 293 g/mol. The maximum absolute atomic E-state index is 3.70. The van der Waals surface area contributed by atoms with Gasteiger partial charge < -0.3 is 5.32 Å². The molecule has 1 saturated carbocycles. The molecule has 2 aliphatic rings. The van der Waals surface area contributed by atoms with Crippen molar-refractivity contribution in [3.8, 4) is 0 Å². The van der Waals surface area contributed by atoms with E-state index in [2.05, 4.69) is 19.2 Å². The third kappa shape index (κ3) is 5.58. The second-order valence-corrected chi connectivity index (χ2v) is 8.32. The number of nitrogens with one attached hydrogen (secondary N) is 1. The lowest BCUT2D eigenvalue weighted by Gasteiger charge is -2.46. The SMILES string of the molecule is CC(C)CC1CNCCC12CCCCCCCCCCC2. The van der Waals surface area contributed by atoms with Gasteiger partial charge in [0.2, 0.25) is 0 Å². The van der Waals surface area contributed by atoms with Gasteiger partial charge >= 0.3 is 0 Å². The summed E-state index contributed by atoms with van der Waals surface area (Å²) in [5, 5.41) is 3.70. The molecule has 2 rings (SSSR count). The number of hydrogen-bond acceptors (Lipinski definition) is 1. The highest BCUT2D eigenvalue weighted by molar-refractivity contribution is 4.92. The lowest BCUT2D eigenvalue weighted by Crippen LogP contribution is -2.45. The molecular formula is C20H39N. The zero-order chi connectivity index (χ0) is 15.0. The molecular weight excluding hydrogens is 254 g/mol. The summed E-state index contributed by atoms with van der Waals surface area (Å²) in [4.78, 5) is 0. The molecule has 1 N–H and O–H groups in total. The minimum atomic E-state index is 0.689. The van der Waals surface area contributed by atoms with Crippen molar-refractivity contribution in [3.05, 3.63) is 0 Å². The van der Waals surface area contributed by atoms with E-state index >= 15 is 0 Å². The van der Waals surface area contributed by atoms with E-state index in [1.807, 2.05) is 0 Å². The van der Waals surface area contributed by atoms with E-state index in [9.17, 15) is 0 Å². The Labute approximate surface area is 133 Å². The minimum Gasteiger partial charge on any atom is -0.316 e. The van der Waals surface area contributed by atoms with E-state index in [-0.39, 0.29) is 0 Å². The van der Waals surface area contributed by atoms with Crippen molar-refractivity contribution in [1.82, 2.24) is 5.32 Å². The van der Waals surface area contributed by atoms with Crippen molar-refractivity contribution in [2.75, 3.05) is 13.1 Å². The molecule has 1 aliphatic heterocycles. The second-order valence-electron chi connectivity index (χ2n) is 8.32. The average molecular weight is 294 g/mol. The molecule has 0 aromatic rings. The van der Waals surface area contributed by atoms with Crippen LogP contribution in [0.4, 0.5) is 0 Å². The van der Waals surface area contributed by atoms with Gasteiger partial charge in [-0.05, 0) is 56.0 Å². The van der Waals surface area contributed by atoms with Gasteiger partial charge in [-0.2, -0.15) is 0 Å². The maximum atomic E-state index is 3.70. The highest BCUT2D eigenvalue weighted by Gasteiger charge is 2.39. The Morgan fingerprint density at radius 1 is 0.810 bits per heavy atom. The van der Waals surface area contributed by atoms with E-state index in [0.717, 1.165) is 11.8 Å². The Kier molecular flexibility index (Phi) is 7.57. The molecule has 1 unspecified atom stereocenters. The van der Waals surface area contributed by atoms with Crippen molar-refractivity contribution in [3.63, 3.8) is 0 Å². The fourth-order valence-corrected chi connectivity index (χ4v) is 4.91. The minimum absolute atomic E-state index is 0.689. The molecule has 0 aromatic heterocycles. The van der Waals surface area contributed by atoms with Crippen LogP contribution in [0.15, 0.2) is 0 Å². The number of rotatable bonds is 2. The summed E-state index contributed by atoms with van der Waals surface area (Å²) in [7, 11) is 0. The summed E-state index contributed by atoms with van der Waals surface area (Å²) >= 11 is 0. The van der Waals surface area contributed by atoms with Gasteiger partial charge in [0.25, 0.3) is 0 Å². The van der Waals surface area contributed by atoms with Gasteiger partial charge in [-0.15, -0.1) is 0 Å². The van der Waals surface area contributed by atoms with E-state index in [1.165, 1.54) is 96.6 Å². The van der Waals surface area contributed by atoms with Gasteiger partial charge in [0, 0.05) is 0 Å². The van der Waals surface area contributed by atoms with Crippen LogP contribution in [0.3, 0.4) is 0 Å². The highest BCUT2D eigenvalue weighted by atomic mass is 14.9. The van der Waals surface area contributed by atoms with Gasteiger partial charge in [-0.25, -0.2) is 0 Å². The molecule has 1 spiro atoms. The molecule has 0 bridgehead atoms. The average Bonchev–Trinajstić information content (AvgIpc) is 2.44. The summed E-state index contributed by atoms with van der Waals surface area (Å²) in [5.74, 6) is 1.79. The second kappa shape index (κ2) is 9.18. The highest BCUT2D eigenvalue weighted by Crippen LogP contribution is 2.46. The Morgan fingerprint density at radius 3 is 1.86 bits per heavy atom. The van der Waals surface area contributed by atoms with Gasteiger partial charge in [0.05, 0.1) is 0 Å². The summed E-state index contributed by atoms with van der Waals surface area (Å²) < 4.78 is 0. The molecule has 1 atom stereocenters. The van der Waals surface area contributed by atoms with Crippen molar-refractivity contribution in [2.24, 2.45) is 17.3 Å². The molecule has 2 fully saturated rings. The Hall–Kier alpha value is -0.0400. The van der Waals surface area contributed by atoms with Crippen LogP contribution in [0.1, 0.15) is 97.3 Å². The van der Waals surface area contributed by atoms with E-state index in [0.29, 0.717) is 5.41 Å². The van der Waals surface area contributed by atoms with Crippen LogP contribution >= 0.6 is 0 Å². The van der Waals surface area contributed by atoms with Gasteiger partial charge in [-0.1, -0.05) is 71.6 Å². The molecule has 124 valence electrons. The van der Waals surface area contributed by atoms with Crippen molar-refractivity contribution < 1.29 is 0 Å². The molecule has 1 nitrogen and oxygen atoms in total. The third-order valence-corrected chi connectivity index (χ3v) is 6.16. The Balaban J connectivity index is 2.00. The summed E-state index contributed by atoms with van der Waals surface area (Å²) in [6, 6.07) is 0. The molecule has 1 saturated heterocycles. The molecule has 21 heavy (non-hydrogen) atoms. The topological polar surface area (TPSA) is 12.0 Å².